The summed E-state index contributed by atoms with van der Waals surface area (Å²) in [5.41, 5.74) is 0.689. The van der Waals surface area contributed by atoms with Crippen LogP contribution in [0.1, 0.15) is 23.5 Å². The van der Waals surface area contributed by atoms with Crippen molar-refractivity contribution in [1.82, 2.24) is 15.1 Å². The van der Waals surface area contributed by atoms with Crippen molar-refractivity contribution in [2.45, 2.75) is 13.0 Å². The lowest BCUT2D eigenvalue weighted by Crippen LogP contribution is -2.38. The number of hydrogen-bond donors (Lipinski definition) is 1. The van der Waals surface area contributed by atoms with Crippen LogP contribution < -0.4 is 5.32 Å². The van der Waals surface area contributed by atoms with E-state index in [-0.39, 0.29) is 11.9 Å². The van der Waals surface area contributed by atoms with Gasteiger partial charge in [0.1, 0.15) is 5.69 Å². The van der Waals surface area contributed by atoms with Gasteiger partial charge in [-0.05, 0) is 29.5 Å². The van der Waals surface area contributed by atoms with E-state index in [0.717, 1.165) is 3.57 Å². The van der Waals surface area contributed by atoms with Gasteiger partial charge in [-0.2, -0.15) is 5.10 Å². The first kappa shape index (κ1) is 8.03. The molecule has 1 amide bonds. The van der Waals surface area contributed by atoms with Crippen LogP contribution in [-0.2, 0) is 0 Å². The lowest BCUT2D eigenvalue weighted by atomic mass is 10.2. The molecule has 0 saturated heterocycles. The van der Waals surface area contributed by atoms with Gasteiger partial charge >= 0.3 is 0 Å². The third kappa shape index (κ3) is 1.03. The van der Waals surface area contributed by atoms with Gasteiger partial charge in [0.25, 0.3) is 5.91 Å². The van der Waals surface area contributed by atoms with Crippen molar-refractivity contribution in [2.75, 3.05) is 6.54 Å². The summed E-state index contributed by atoms with van der Waals surface area (Å²) in [5, 5.41) is 6.95. The van der Waals surface area contributed by atoms with Crippen LogP contribution in [0.3, 0.4) is 0 Å². The molecule has 1 aromatic heterocycles. The molecule has 0 aromatic carbocycles. The minimum Gasteiger partial charge on any atom is -0.349 e. The summed E-state index contributed by atoms with van der Waals surface area (Å²) in [5.74, 6) is -0.0185. The first-order chi connectivity index (χ1) is 5.70. The SMILES string of the molecule is C[C@@H]1CNC(=O)c2c(I)cnn21. The summed E-state index contributed by atoms with van der Waals surface area (Å²) in [6, 6.07) is 0.265. The topological polar surface area (TPSA) is 46.9 Å². The third-order valence-corrected chi connectivity index (χ3v) is 2.73. The molecule has 1 atom stereocenters. The highest BCUT2D eigenvalue weighted by molar-refractivity contribution is 14.1. The van der Waals surface area contributed by atoms with Gasteiger partial charge in [0, 0.05) is 6.54 Å². The van der Waals surface area contributed by atoms with E-state index in [1.54, 1.807) is 10.9 Å². The van der Waals surface area contributed by atoms with Crippen molar-refractivity contribution in [3.05, 3.63) is 15.5 Å². The van der Waals surface area contributed by atoms with Gasteiger partial charge in [0.15, 0.2) is 0 Å². The summed E-state index contributed by atoms with van der Waals surface area (Å²) < 4.78 is 2.69. The summed E-state index contributed by atoms with van der Waals surface area (Å²) >= 11 is 2.12. The van der Waals surface area contributed by atoms with Gasteiger partial charge in [0.05, 0.1) is 15.8 Å². The van der Waals surface area contributed by atoms with Crippen LogP contribution in [0.5, 0.6) is 0 Å². The molecule has 0 radical (unpaired) electrons. The number of carbonyl (C=O) groups excluding carboxylic acids is 1. The smallest absolute Gasteiger partial charge is 0.270 e. The van der Waals surface area contributed by atoms with Gasteiger partial charge in [-0.3, -0.25) is 9.48 Å². The molecule has 12 heavy (non-hydrogen) atoms. The van der Waals surface area contributed by atoms with Crippen molar-refractivity contribution < 1.29 is 4.79 Å². The Morgan fingerprint density at radius 2 is 2.58 bits per heavy atom. The van der Waals surface area contributed by atoms with Gasteiger partial charge < -0.3 is 5.32 Å². The van der Waals surface area contributed by atoms with E-state index in [4.69, 9.17) is 0 Å². The molecule has 0 saturated carbocycles. The number of carbonyl (C=O) groups is 1. The molecule has 0 unspecified atom stereocenters. The standard InChI is InChI=1S/C7H8IN3O/c1-4-2-9-7(12)6-5(8)3-10-11(4)6/h3-4H,2H2,1H3,(H,9,12)/t4-/m1/s1. The molecule has 0 spiro atoms. The number of hydrogen-bond acceptors (Lipinski definition) is 2. The zero-order valence-corrected chi connectivity index (χ0v) is 8.70. The van der Waals surface area contributed by atoms with Crippen LogP contribution in [0.4, 0.5) is 0 Å². The number of rotatable bonds is 0. The summed E-state index contributed by atoms with van der Waals surface area (Å²) in [6.45, 7) is 2.70. The van der Waals surface area contributed by atoms with E-state index >= 15 is 0 Å². The van der Waals surface area contributed by atoms with Gasteiger partial charge in [-0.25, -0.2) is 0 Å². The minimum atomic E-state index is -0.0185. The summed E-state index contributed by atoms with van der Waals surface area (Å²) in [4.78, 5) is 11.3. The maximum atomic E-state index is 11.3. The molecule has 1 aliphatic rings. The average Bonchev–Trinajstić information content (AvgIpc) is 2.42. The van der Waals surface area contributed by atoms with E-state index in [0.29, 0.717) is 12.2 Å². The zero-order chi connectivity index (χ0) is 8.72. The second-order valence-corrected chi connectivity index (χ2v) is 4.01. The normalized spacial score (nSPS) is 21.8. The molecule has 0 fully saturated rings. The van der Waals surface area contributed by atoms with Crippen LogP contribution >= 0.6 is 22.6 Å². The van der Waals surface area contributed by atoms with Crippen molar-refractivity contribution in [3.8, 4) is 0 Å². The molecule has 1 aliphatic heterocycles. The molecular formula is C7H8IN3O. The van der Waals surface area contributed by atoms with Crippen LogP contribution in [0.15, 0.2) is 6.20 Å². The van der Waals surface area contributed by atoms with E-state index in [1.165, 1.54) is 0 Å². The maximum absolute atomic E-state index is 11.3. The second-order valence-electron chi connectivity index (χ2n) is 2.84. The van der Waals surface area contributed by atoms with E-state index in [1.807, 2.05) is 6.92 Å². The van der Waals surface area contributed by atoms with Gasteiger partial charge in [-0.1, -0.05) is 0 Å². The van der Waals surface area contributed by atoms with Crippen LogP contribution in [0.25, 0.3) is 0 Å². The fourth-order valence-electron chi connectivity index (χ4n) is 1.30. The van der Waals surface area contributed by atoms with Crippen molar-refractivity contribution >= 4 is 28.5 Å². The molecule has 1 aromatic rings. The number of fused-ring (bicyclic) bond motifs is 1. The quantitative estimate of drug-likeness (QED) is 0.713. The van der Waals surface area contributed by atoms with Crippen LogP contribution in [0, 0.1) is 3.57 Å². The largest absolute Gasteiger partial charge is 0.349 e. The number of amides is 1. The summed E-state index contributed by atoms with van der Waals surface area (Å²) in [7, 11) is 0. The second kappa shape index (κ2) is 2.72. The Bertz CT molecular complexity index is 333. The predicted octanol–water partition coefficient (Wildman–Crippen LogP) is 0.792. The molecule has 0 bridgehead atoms. The lowest BCUT2D eigenvalue weighted by Gasteiger charge is -2.21. The predicted molar refractivity (Wildman–Crippen MR) is 52.0 cm³/mol. The molecule has 1 N–H and O–H groups in total. The molecule has 5 heteroatoms. The zero-order valence-electron chi connectivity index (χ0n) is 6.54. The molecular weight excluding hydrogens is 269 g/mol. The Kier molecular flexibility index (Phi) is 1.82. The highest BCUT2D eigenvalue weighted by atomic mass is 127. The van der Waals surface area contributed by atoms with Crippen LogP contribution in [-0.4, -0.2) is 22.2 Å². The van der Waals surface area contributed by atoms with E-state index in [2.05, 4.69) is 33.0 Å². The lowest BCUT2D eigenvalue weighted by molar-refractivity contribution is 0.0911. The van der Waals surface area contributed by atoms with E-state index < -0.39 is 0 Å². The van der Waals surface area contributed by atoms with Crippen molar-refractivity contribution in [1.29, 1.82) is 0 Å². The fraction of sp³-hybridized carbons (Fsp3) is 0.429. The van der Waals surface area contributed by atoms with Gasteiger partial charge in [0.2, 0.25) is 0 Å². The maximum Gasteiger partial charge on any atom is 0.270 e. The first-order valence-corrected chi connectivity index (χ1v) is 4.79. The van der Waals surface area contributed by atoms with Crippen molar-refractivity contribution in [3.63, 3.8) is 0 Å². The van der Waals surface area contributed by atoms with Crippen LogP contribution in [0.2, 0.25) is 0 Å². The highest BCUT2D eigenvalue weighted by Crippen LogP contribution is 2.18. The number of halogens is 1. The Balaban J connectivity index is 2.57. The number of nitrogens with one attached hydrogen (secondary N) is 1. The minimum absolute atomic E-state index is 0.0185. The molecule has 4 nitrogen and oxygen atoms in total. The Morgan fingerprint density at radius 1 is 1.83 bits per heavy atom. The molecule has 0 aliphatic carbocycles. The van der Waals surface area contributed by atoms with Crippen molar-refractivity contribution in [2.24, 2.45) is 0 Å². The Hall–Kier alpha value is -0.590. The first-order valence-electron chi connectivity index (χ1n) is 3.71. The molecule has 2 rings (SSSR count). The Morgan fingerprint density at radius 3 is 3.25 bits per heavy atom. The number of aromatic nitrogens is 2. The molecule has 64 valence electrons. The highest BCUT2D eigenvalue weighted by Gasteiger charge is 2.24. The fourth-order valence-corrected chi connectivity index (χ4v) is 1.92. The molecule has 2 heterocycles. The third-order valence-electron chi connectivity index (χ3n) is 1.94. The Labute approximate surface area is 83.5 Å². The van der Waals surface area contributed by atoms with E-state index in [9.17, 15) is 4.79 Å². The summed E-state index contributed by atoms with van der Waals surface area (Å²) in [6.07, 6.45) is 1.72. The number of nitrogens with zero attached hydrogens (tertiary/aromatic N) is 2. The monoisotopic (exact) mass is 277 g/mol. The van der Waals surface area contributed by atoms with Gasteiger partial charge in [-0.15, -0.1) is 0 Å². The average molecular weight is 277 g/mol.